The molecule has 3 rings (SSSR count). The summed E-state index contributed by atoms with van der Waals surface area (Å²) in [6.45, 7) is 7.74. The number of hydrogen-bond donors (Lipinski definition) is 0. The van der Waals surface area contributed by atoms with Crippen molar-refractivity contribution in [2.24, 2.45) is 0 Å². The lowest BCUT2D eigenvalue weighted by Crippen LogP contribution is -2.46. The number of hydrogen-bond acceptors (Lipinski definition) is 3. The monoisotopic (exact) mass is 309 g/mol. The number of anilines is 2. The predicted octanol–water partition coefficient (Wildman–Crippen LogP) is 3.38. The molecule has 3 heteroatoms. The summed E-state index contributed by atoms with van der Waals surface area (Å²) in [5, 5.41) is 0. The fraction of sp³-hybridized carbons (Fsp3) is 0.400. The normalized spacial score (nSPS) is 15.7. The van der Waals surface area contributed by atoms with Crippen LogP contribution in [0.25, 0.3) is 0 Å². The molecule has 1 aliphatic rings. The van der Waals surface area contributed by atoms with Gasteiger partial charge in [0.1, 0.15) is 0 Å². The highest BCUT2D eigenvalue weighted by Crippen LogP contribution is 2.21. The highest BCUT2D eigenvalue weighted by Gasteiger charge is 2.17. The van der Waals surface area contributed by atoms with Crippen LogP contribution in [0.1, 0.15) is 11.1 Å². The number of benzene rings is 2. The van der Waals surface area contributed by atoms with Gasteiger partial charge in [-0.25, -0.2) is 0 Å². The Balaban J connectivity index is 1.57. The second-order valence-corrected chi connectivity index (χ2v) is 6.60. The summed E-state index contributed by atoms with van der Waals surface area (Å²) in [6.07, 6.45) is 0. The van der Waals surface area contributed by atoms with Crippen LogP contribution in [-0.4, -0.2) is 45.2 Å². The molecule has 0 bridgehead atoms. The molecule has 0 saturated carbocycles. The van der Waals surface area contributed by atoms with Gasteiger partial charge in [0.05, 0.1) is 0 Å². The Kier molecular flexibility index (Phi) is 4.87. The maximum Gasteiger partial charge on any atom is 0.0368 e. The van der Waals surface area contributed by atoms with Gasteiger partial charge >= 0.3 is 0 Å². The van der Waals surface area contributed by atoms with E-state index in [1.54, 1.807) is 0 Å². The third-order valence-electron chi connectivity index (χ3n) is 4.76. The molecule has 0 atom stereocenters. The van der Waals surface area contributed by atoms with Gasteiger partial charge in [0, 0.05) is 58.2 Å². The molecule has 0 aliphatic carbocycles. The van der Waals surface area contributed by atoms with E-state index in [2.05, 4.69) is 84.2 Å². The quantitative estimate of drug-likeness (QED) is 0.857. The summed E-state index contributed by atoms with van der Waals surface area (Å²) in [5.74, 6) is 0. The van der Waals surface area contributed by atoms with E-state index < -0.39 is 0 Å². The minimum atomic E-state index is 1.07. The van der Waals surface area contributed by atoms with Gasteiger partial charge in [-0.2, -0.15) is 0 Å². The van der Waals surface area contributed by atoms with Crippen LogP contribution in [0.15, 0.2) is 48.5 Å². The Hall–Kier alpha value is -2.00. The minimum Gasteiger partial charge on any atom is -0.378 e. The summed E-state index contributed by atoms with van der Waals surface area (Å²) in [7, 11) is 4.17. The molecular formula is C20H27N3. The van der Waals surface area contributed by atoms with Crippen molar-refractivity contribution >= 4 is 11.4 Å². The lowest BCUT2D eigenvalue weighted by atomic mass is 10.1. The standard InChI is InChI=1S/C20H27N3/c1-17-6-4-5-7-18(17)16-22-12-14-23(15-13-22)20-10-8-19(9-11-20)21(2)3/h4-11H,12-16H2,1-3H3. The molecule has 122 valence electrons. The van der Waals surface area contributed by atoms with Gasteiger partial charge in [0.15, 0.2) is 0 Å². The van der Waals surface area contributed by atoms with Crippen LogP contribution in [0.5, 0.6) is 0 Å². The molecule has 2 aromatic rings. The summed E-state index contributed by atoms with van der Waals surface area (Å²) in [4.78, 5) is 7.20. The average molecular weight is 309 g/mol. The third kappa shape index (κ3) is 3.85. The van der Waals surface area contributed by atoms with E-state index in [4.69, 9.17) is 0 Å². The van der Waals surface area contributed by atoms with Gasteiger partial charge in [0.25, 0.3) is 0 Å². The SMILES string of the molecule is Cc1ccccc1CN1CCN(c2ccc(N(C)C)cc2)CC1. The lowest BCUT2D eigenvalue weighted by Gasteiger charge is -2.36. The molecule has 0 radical (unpaired) electrons. The lowest BCUT2D eigenvalue weighted by molar-refractivity contribution is 0.249. The van der Waals surface area contributed by atoms with Gasteiger partial charge in [-0.05, 0) is 42.3 Å². The van der Waals surface area contributed by atoms with Crippen LogP contribution in [0, 0.1) is 6.92 Å². The Morgan fingerprint density at radius 2 is 1.52 bits per heavy atom. The summed E-state index contributed by atoms with van der Waals surface area (Å²) >= 11 is 0. The van der Waals surface area contributed by atoms with Crippen molar-refractivity contribution in [3.8, 4) is 0 Å². The molecule has 0 unspecified atom stereocenters. The Labute approximate surface area is 140 Å². The molecular weight excluding hydrogens is 282 g/mol. The van der Waals surface area contributed by atoms with Crippen LogP contribution >= 0.6 is 0 Å². The number of aryl methyl sites for hydroxylation is 1. The van der Waals surface area contributed by atoms with Crippen LogP contribution in [-0.2, 0) is 6.54 Å². The zero-order chi connectivity index (χ0) is 16.2. The molecule has 2 aromatic carbocycles. The molecule has 3 nitrogen and oxygen atoms in total. The first-order valence-electron chi connectivity index (χ1n) is 8.43. The Morgan fingerprint density at radius 1 is 0.870 bits per heavy atom. The molecule has 0 N–H and O–H groups in total. The van der Waals surface area contributed by atoms with Crippen LogP contribution in [0.4, 0.5) is 11.4 Å². The molecule has 1 heterocycles. The van der Waals surface area contributed by atoms with Gasteiger partial charge in [0.2, 0.25) is 0 Å². The zero-order valence-electron chi connectivity index (χ0n) is 14.5. The zero-order valence-corrected chi connectivity index (χ0v) is 14.5. The maximum atomic E-state index is 2.56. The molecule has 0 amide bonds. The van der Waals surface area contributed by atoms with E-state index in [0.29, 0.717) is 0 Å². The smallest absolute Gasteiger partial charge is 0.0368 e. The van der Waals surface area contributed by atoms with Gasteiger partial charge in [-0.15, -0.1) is 0 Å². The first-order chi connectivity index (χ1) is 11.1. The average Bonchev–Trinajstić information content (AvgIpc) is 2.58. The molecule has 1 fully saturated rings. The van der Waals surface area contributed by atoms with Gasteiger partial charge in [-0.1, -0.05) is 24.3 Å². The van der Waals surface area contributed by atoms with Crippen molar-refractivity contribution in [2.75, 3.05) is 50.1 Å². The van der Waals surface area contributed by atoms with Gasteiger partial charge < -0.3 is 9.80 Å². The molecule has 23 heavy (non-hydrogen) atoms. The molecule has 1 aliphatic heterocycles. The summed E-state index contributed by atoms with van der Waals surface area (Å²) in [6, 6.07) is 17.6. The molecule has 1 saturated heterocycles. The highest BCUT2D eigenvalue weighted by molar-refractivity contribution is 5.56. The Bertz CT molecular complexity index is 626. The van der Waals surface area contributed by atoms with E-state index in [1.807, 2.05) is 0 Å². The molecule has 0 aromatic heterocycles. The summed E-state index contributed by atoms with van der Waals surface area (Å²) in [5.41, 5.74) is 5.45. The van der Waals surface area contributed by atoms with Crippen LogP contribution < -0.4 is 9.80 Å². The first-order valence-corrected chi connectivity index (χ1v) is 8.43. The van der Waals surface area contributed by atoms with Crippen LogP contribution in [0.2, 0.25) is 0 Å². The van der Waals surface area contributed by atoms with E-state index in [9.17, 15) is 0 Å². The maximum absolute atomic E-state index is 2.56. The predicted molar refractivity (Wildman–Crippen MR) is 99.4 cm³/mol. The van der Waals surface area contributed by atoms with Crippen molar-refractivity contribution < 1.29 is 0 Å². The van der Waals surface area contributed by atoms with E-state index >= 15 is 0 Å². The third-order valence-corrected chi connectivity index (χ3v) is 4.76. The topological polar surface area (TPSA) is 9.72 Å². The largest absolute Gasteiger partial charge is 0.378 e. The second-order valence-electron chi connectivity index (χ2n) is 6.60. The fourth-order valence-corrected chi connectivity index (χ4v) is 3.15. The van der Waals surface area contributed by atoms with Gasteiger partial charge in [-0.3, -0.25) is 4.90 Å². The number of piperazine rings is 1. The minimum absolute atomic E-state index is 1.07. The van der Waals surface area contributed by atoms with Crippen molar-refractivity contribution in [3.05, 3.63) is 59.7 Å². The first kappa shape index (κ1) is 15.9. The molecule has 0 spiro atoms. The van der Waals surface area contributed by atoms with Crippen molar-refractivity contribution in [3.63, 3.8) is 0 Å². The number of nitrogens with zero attached hydrogens (tertiary/aromatic N) is 3. The van der Waals surface area contributed by atoms with Crippen molar-refractivity contribution in [1.82, 2.24) is 4.90 Å². The highest BCUT2D eigenvalue weighted by atomic mass is 15.3. The summed E-state index contributed by atoms with van der Waals surface area (Å²) < 4.78 is 0. The van der Waals surface area contributed by atoms with Crippen molar-refractivity contribution in [1.29, 1.82) is 0 Å². The fourth-order valence-electron chi connectivity index (χ4n) is 3.15. The second kappa shape index (κ2) is 7.05. The van der Waals surface area contributed by atoms with Crippen LogP contribution in [0.3, 0.4) is 0 Å². The van der Waals surface area contributed by atoms with E-state index in [0.717, 1.165) is 32.7 Å². The van der Waals surface area contributed by atoms with E-state index in [-0.39, 0.29) is 0 Å². The number of rotatable bonds is 4. The van der Waals surface area contributed by atoms with E-state index in [1.165, 1.54) is 22.5 Å². The Morgan fingerprint density at radius 3 is 2.13 bits per heavy atom. The van der Waals surface area contributed by atoms with Crippen molar-refractivity contribution in [2.45, 2.75) is 13.5 Å².